The minimum atomic E-state index is -4.14. The van der Waals surface area contributed by atoms with E-state index in [1.807, 2.05) is 30.3 Å². The van der Waals surface area contributed by atoms with Crippen molar-refractivity contribution in [2.75, 3.05) is 24.5 Å². The van der Waals surface area contributed by atoms with Gasteiger partial charge in [-0.1, -0.05) is 41.9 Å². The maximum atomic E-state index is 13.2. The Morgan fingerprint density at radius 3 is 2.37 bits per heavy atom. The molecule has 198 valence electrons. The van der Waals surface area contributed by atoms with Gasteiger partial charge in [0.1, 0.15) is 18.6 Å². The van der Waals surface area contributed by atoms with E-state index in [-0.39, 0.29) is 6.54 Å². The summed E-state index contributed by atoms with van der Waals surface area (Å²) in [5.74, 6) is -0.125. The Kier molecular flexibility index (Phi) is 8.67. The first-order valence-corrected chi connectivity index (χ1v) is 13.4. The second-order valence-electron chi connectivity index (χ2n) is 8.37. The van der Waals surface area contributed by atoms with Crippen LogP contribution in [0.4, 0.5) is 5.69 Å². The lowest BCUT2D eigenvalue weighted by Gasteiger charge is -2.27. The molecule has 0 unspecified atom stereocenters. The van der Waals surface area contributed by atoms with E-state index in [2.05, 4.69) is 4.98 Å². The van der Waals surface area contributed by atoms with Crippen LogP contribution in [0.3, 0.4) is 0 Å². The monoisotopic (exact) mass is 555 g/mol. The molecule has 1 heterocycles. The van der Waals surface area contributed by atoms with Crippen LogP contribution in [0.5, 0.6) is 5.75 Å². The van der Waals surface area contributed by atoms with Gasteiger partial charge in [0.25, 0.3) is 0 Å². The van der Waals surface area contributed by atoms with Crippen molar-refractivity contribution in [2.24, 2.45) is 0 Å². The Labute approximate surface area is 226 Å². The quantitative estimate of drug-likeness (QED) is 0.265. The summed E-state index contributed by atoms with van der Waals surface area (Å²) in [7, 11) is -2.77. The second-order valence-corrected chi connectivity index (χ2v) is 10.8. The molecule has 3 aromatic carbocycles. The van der Waals surface area contributed by atoms with Crippen LogP contribution in [-0.2, 0) is 28.0 Å². The van der Waals surface area contributed by atoms with Crippen LogP contribution in [0, 0.1) is 0 Å². The number of rotatable bonds is 12. The Balaban J connectivity index is 1.36. The lowest BCUT2D eigenvalue weighted by Crippen LogP contribution is -2.44. The van der Waals surface area contributed by atoms with Gasteiger partial charge in [-0.3, -0.25) is 9.10 Å². The summed E-state index contributed by atoms with van der Waals surface area (Å²) in [4.78, 5) is 15.9. The minimum absolute atomic E-state index is 0.131. The number of halogens is 1. The van der Waals surface area contributed by atoms with Crippen molar-refractivity contribution in [3.63, 3.8) is 0 Å². The highest BCUT2D eigenvalue weighted by atomic mass is 35.5. The highest BCUT2D eigenvalue weighted by Crippen LogP contribution is 2.23. The number of aliphatic carboxylic acids is 1. The van der Waals surface area contributed by atoms with Crippen LogP contribution in [0.2, 0.25) is 5.02 Å². The number of hydrogen-bond donors (Lipinski definition) is 1. The van der Waals surface area contributed by atoms with E-state index in [1.54, 1.807) is 54.8 Å². The first kappa shape index (κ1) is 27.2. The molecule has 0 bridgehead atoms. The van der Waals surface area contributed by atoms with E-state index in [4.69, 9.17) is 20.8 Å². The molecular weight excluding hydrogens is 530 g/mol. The van der Waals surface area contributed by atoms with Crippen LogP contribution in [-0.4, -0.2) is 49.0 Å². The van der Waals surface area contributed by atoms with Crippen LogP contribution >= 0.6 is 11.6 Å². The van der Waals surface area contributed by atoms with E-state index in [0.29, 0.717) is 40.9 Å². The first-order valence-electron chi connectivity index (χ1n) is 11.7. The van der Waals surface area contributed by atoms with Crippen LogP contribution < -0.4 is 9.04 Å². The molecule has 0 saturated carbocycles. The second kappa shape index (κ2) is 12.1. The fraction of sp³-hybridized carbons (Fsp3) is 0.185. The van der Waals surface area contributed by atoms with Gasteiger partial charge in [0.15, 0.2) is 0 Å². The molecule has 4 rings (SSSR count). The number of hydrogen-bond acceptors (Lipinski definition) is 6. The van der Waals surface area contributed by atoms with Crippen molar-refractivity contribution in [1.29, 1.82) is 0 Å². The smallest absolute Gasteiger partial charge is 0.318 e. The standard InChI is InChI=1S/C27H26ClN3O6S/c1-30(24-11-9-22(28)10-12-24)38(34,35)31(18-26(32)33)17-20-7-13-25(14-8-20)36-16-15-23-19-37-27(29-23)21-5-3-2-4-6-21/h2-14,19H,15-18H2,1H3,(H,32,33). The van der Waals surface area contributed by atoms with E-state index in [0.717, 1.165) is 19.9 Å². The van der Waals surface area contributed by atoms with Crippen molar-refractivity contribution >= 4 is 33.5 Å². The van der Waals surface area contributed by atoms with E-state index in [1.165, 1.54) is 7.05 Å². The molecule has 0 spiro atoms. The zero-order chi connectivity index (χ0) is 27.1. The molecule has 1 N–H and O–H groups in total. The number of anilines is 1. The summed E-state index contributed by atoms with van der Waals surface area (Å²) in [6.07, 6.45) is 2.15. The van der Waals surface area contributed by atoms with Crippen LogP contribution in [0.25, 0.3) is 11.5 Å². The van der Waals surface area contributed by atoms with Gasteiger partial charge in [-0.15, -0.1) is 0 Å². The third kappa shape index (κ3) is 6.91. The van der Waals surface area contributed by atoms with E-state index < -0.39 is 22.7 Å². The largest absolute Gasteiger partial charge is 0.493 e. The predicted molar refractivity (Wildman–Crippen MR) is 144 cm³/mol. The van der Waals surface area contributed by atoms with Crippen molar-refractivity contribution in [2.45, 2.75) is 13.0 Å². The Bertz CT molecular complexity index is 1460. The fourth-order valence-electron chi connectivity index (χ4n) is 3.63. The zero-order valence-corrected chi connectivity index (χ0v) is 22.1. The van der Waals surface area contributed by atoms with Gasteiger partial charge >= 0.3 is 16.2 Å². The maximum absolute atomic E-state index is 13.2. The molecular formula is C27H26ClN3O6S. The Morgan fingerprint density at radius 2 is 1.71 bits per heavy atom. The molecule has 0 saturated heterocycles. The molecule has 11 heteroatoms. The van der Waals surface area contributed by atoms with E-state index >= 15 is 0 Å². The normalized spacial score (nSPS) is 11.4. The van der Waals surface area contributed by atoms with Crippen LogP contribution in [0.1, 0.15) is 11.3 Å². The number of benzene rings is 3. The number of oxazole rings is 1. The van der Waals surface area contributed by atoms with E-state index in [9.17, 15) is 18.3 Å². The van der Waals surface area contributed by atoms with Gasteiger partial charge < -0.3 is 14.3 Å². The number of carbonyl (C=O) groups is 1. The van der Waals surface area contributed by atoms with Gasteiger partial charge in [-0.25, -0.2) is 4.98 Å². The molecule has 4 aromatic rings. The Morgan fingerprint density at radius 1 is 1.03 bits per heavy atom. The summed E-state index contributed by atoms with van der Waals surface area (Å²) in [6.45, 7) is -0.458. The topological polar surface area (TPSA) is 113 Å². The molecule has 0 amide bonds. The highest BCUT2D eigenvalue weighted by molar-refractivity contribution is 7.90. The molecule has 0 atom stereocenters. The molecule has 0 aliphatic carbocycles. The van der Waals surface area contributed by atoms with Crippen molar-refractivity contribution in [3.05, 3.63) is 101 Å². The summed E-state index contributed by atoms with van der Waals surface area (Å²) >= 11 is 5.90. The lowest BCUT2D eigenvalue weighted by molar-refractivity contribution is -0.137. The van der Waals surface area contributed by atoms with Crippen LogP contribution in [0.15, 0.2) is 89.5 Å². The highest BCUT2D eigenvalue weighted by Gasteiger charge is 2.29. The van der Waals surface area contributed by atoms with Crippen molar-refractivity contribution < 1.29 is 27.5 Å². The van der Waals surface area contributed by atoms with Crippen molar-refractivity contribution in [3.8, 4) is 17.2 Å². The molecule has 9 nitrogen and oxygen atoms in total. The van der Waals surface area contributed by atoms with Gasteiger partial charge in [0.2, 0.25) is 5.89 Å². The predicted octanol–water partition coefficient (Wildman–Crippen LogP) is 4.88. The van der Waals surface area contributed by atoms with Crippen molar-refractivity contribution in [1.82, 2.24) is 9.29 Å². The maximum Gasteiger partial charge on any atom is 0.318 e. The average molecular weight is 556 g/mol. The molecule has 38 heavy (non-hydrogen) atoms. The number of ether oxygens (including phenoxy) is 1. The summed E-state index contributed by atoms with van der Waals surface area (Å²) in [6, 6.07) is 22.6. The fourth-order valence-corrected chi connectivity index (χ4v) is 5.08. The number of nitrogens with zero attached hydrogens (tertiary/aromatic N) is 3. The molecule has 0 radical (unpaired) electrons. The van der Waals surface area contributed by atoms with Gasteiger partial charge in [-0.05, 0) is 54.1 Å². The molecule has 0 aliphatic rings. The van der Waals surface area contributed by atoms with Gasteiger partial charge in [-0.2, -0.15) is 12.7 Å². The summed E-state index contributed by atoms with van der Waals surface area (Å²) < 4.78 is 39.7. The zero-order valence-electron chi connectivity index (χ0n) is 20.5. The Hall–Kier alpha value is -3.86. The SMILES string of the molecule is CN(c1ccc(Cl)cc1)S(=O)(=O)N(CC(=O)O)Cc1ccc(OCCc2coc(-c3ccccc3)n2)cc1. The molecule has 0 aliphatic heterocycles. The third-order valence-electron chi connectivity index (χ3n) is 5.66. The summed E-state index contributed by atoms with van der Waals surface area (Å²) in [5.41, 5.74) is 2.63. The van der Waals surface area contributed by atoms with Gasteiger partial charge in [0, 0.05) is 30.6 Å². The third-order valence-corrected chi connectivity index (χ3v) is 7.72. The average Bonchev–Trinajstić information content (AvgIpc) is 3.38. The number of carboxylic acid groups (broad SMARTS) is 1. The minimum Gasteiger partial charge on any atom is -0.493 e. The molecule has 0 fully saturated rings. The number of carboxylic acids is 1. The molecule has 1 aromatic heterocycles. The number of aromatic nitrogens is 1. The lowest BCUT2D eigenvalue weighted by atomic mass is 10.2. The summed E-state index contributed by atoms with van der Waals surface area (Å²) in [5, 5.41) is 9.80. The van der Waals surface area contributed by atoms with Gasteiger partial charge in [0.05, 0.1) is 18.0 Å². The first-order chi connectivity index (χ1) is 18.2.